The second kappa shape index (κ2) is 7.68. The van der Waals surface area contributed by atoms with Crippen molar-refractivity contribution < 1.29 is 5.11 Å². The molecule has 0 unspecified atom stereocenters. The lowest BCUT2D eigenvalue weighted by atomic mass is 10.0. The molecule has 5 heteroatoms. The maximum absolute atomic E-state index is 9.33. The van der Waals surface area contributed by atoms with Crippen molar-refractivity contribution in [2.75, 3.05) is 12.4 Å². The molecular weight excluding hydrogens is 238 g/mol. The maximum atomic E-state index is 9.33. The number of aliphatic hydroxyl groups is 1. The van der Waals surface area contributed by atoms with Crippen LogP contribution in [0.3, 0.4) is 0 Å². The van der Waals surface area contributed by atoms with E-state index in [1.54, 1.807) is 18.6 Å². The minimum absolute atomic E-state index is 0.464. The van der Waals surface area contributed by atoms with Crippen molar-refractivity contribution in [3.63, 3.8) is 0 Å². The molecular formula is C12H16ClN3O. The van der Waals surface area contributed by atoms with Gasteiger partial charge in [-0.1, -0.05) is 0 Å². The van der Waals surface area contributed by atoms with E-state index in [1.807, 2.05) is 13.0 Å². The lowest BCUT2D eigenvalue weighted by Crippen LogP contribution is -2.24. The molecule has 1 aliphatic rings. The van der Waals surface area contributed by atoms with Crippen molar-refractivity contribution in [3.8, 4) is 0 Å². The van der Waals surface area contributed by atoms with Crippen molar-refractivity contribution in [2.45, 2.75) is 13.3 Å². The fourth-order valence-corrected chi connectivity index (χ4v) is 1.58. The zero-order chi connectivity index (χ0) is 12.5. The van der Waals surface area contributed by atoms with Gasteiger partial charge in [-0.25, -0.2) is 0 Å². The fraction of sp³-hybridized carbons (Fsp3) is 0.333. The highest BCUT2D eigenvalue weighted by molar-refractivity contribution is 6.18. The number of nitrogens with zero attached hydrogens (tertiary/aromatic N) is 2. The molecule has 4 nitrogen and oxygen atoms in total. The van der Waals surface area contributed by atoms with Gasteiger partial charge in [0.25, 0.3) is 0 Å². The first kappa shape index (κ1) is 13.5. The highest BCUT2D eigenvalue weighted by Crippen LogP contribution is 2.17. The quantitative estimate of drug-likeness (QED) is 0.342. The largest absolute Gasteiger partial charge is 0.515 e. The lowest BCUT2D eigenvalue weighted by molar-refractivity contribution is 0.470. The second-order valence-electron chi connectivity index (χ2n) is 3.28. The van der Waals surface area contributed by atoms with Crippen LogP contribution in [0.15, 0.2) is 45.9 Å². The molecule has 1 rings (SSSR count). The van der Waals surface area contributed by atoms with Crippen LogP contribution in [0.5, 0.6) is 0 Å². The third-order valence-electron chi connectivity index (χ3n) is 2.17. The molecule has 0 fully saturated rings. The Balaban J connectivity index is 2.93. The Hall–Kier alpha value is -1.55. The van der Waals surface area contributed by atoms with Crippen molar-refractivity contribution >= 4 is 23.7 Å². The van der Waals surface area contributed by atoms with Crippen molar-refractivity contribution in [3.05, 3.63) is 35.9 Å². The smallest absolute Gasteiger partial charge is 0.136 e. The van der Waals surface area contributed by atoms with Crippen molar-refractivity contribution in [1.29, 1.82) is 0 Å². The Labute approximate surface area is 106 Å². The average molecular weight is 254 g/mol. The zero-order valence-corrected chi connectivity index (χ0v) is 10.5. The standard InChI is InChI=1S/C12H16ClN3O/c1-2-14-8-10(4-5-13)11(9-17)12-15-6-3-7-16-12/h2-3,6,8-9,17H,4-5,7H2,1H3,(H,15,16)/b10-8-,11-9-,14-2+. The van der Waals surface area contributed by atoms with Crippen molar-refractivity contribution in [1.82, 2.24) is 5.32 Å². The summed E-state index contributed by atoms with van der Waals surface area (Å²) in [7, 11) is 0. The Morgan fingerprint density at radius 3 is 3.06 bits per heavy atom. The molecule has 0 radical (unpaired) electrons. The Morgan fingerprint density at radius 2 is 2.53 bits per heavy atom. The predicted octanol–water partition coefficient (Wildman–Crippen LogP) is 2.55. The molecule has 1 aliphatic heterocycles. The first-order chi connectivity index (χ1) is 8.33. The summed E-state index contributed by atoms with van der Waals surface area (Å²) in [6.45, 7) is 2.43. The molecule has 0 aromatic rings. The number of amidine groups is 1. The molecule has 0 aromatic carbocycles. The highest BCUT2D eigenvalue weighted by Gasteiger charge is 2.12. The Bertz CT molecular complexity index is 395. The van der Waals surface area contributed by atoms with Crippen LogP contribution in [0.25, 0.3) is 0 Å². The number of rotatable bonds is 5. The van der Waals surface area contributed by atoms with Crippen LogP contribution in [0.1, 0.15) is 13.3 Å². The van der Waals surface area contributed by atoms with Gasteiger partial charge in [-0.05, 0) is 25.0 Å². The first-order valence-corrected chi connectivity index (χ1v) is 5.90. The first-order valence-electron chi connectivity index (χ1n) is 5.37. The van der Waals surface area contributed by atoms with Crippen LogP contribution in [0, 0.1) is 0 Å². The molecule has 0 amide bonds. The van der Waals surface area contributed by atoms with E-state index in [4.69, 9.17) is 11.6 Å². The zero-order valence-electron chi connectivity index (χ0n) is 9.73. The van der Waals surface area contributed by atoms with E-state index in [0.717, 1.165) is 11.8 Å². The van der Waals surface area contributed by atoms with Crippen LogP contribution >= 0.6 is 11.6 Å². The topological polar surface area (TPSA) is 57.0 Å². The minimum Gasteiger partial charge on any atom is -0.515 e. The molecule has 0 aliphatic carbocycles. The number of aliphatic hydroxyl groups excluding tert-OH is 1. The molecule has 0 saturated carbocycles. The van der Waals surface area contributed by atoms with E-state index in [9.17, 15) is 5.11 Å². The summed E-state index contributed by atoms with van der Waals surface area (Å²) in [5.74, 6) is 1.10. The summed E-state index contributed by atoms with van der Waals surface area (Å²) in [5.41, 5.74) is 1.47. The van der Waals surface area contributed by atoms with E-state index in [1.165, 1.54) is 0 Å². The number of aliphatic imine (C=N–C) groups is 2. The molecule has 0 spiro atoms. The molecule has 92 valence electrons. The van der Waals surface area contributed by atoms with Gasteiger partial charge in [-0.15, -0.1) is 11.6 Å². The van der Waals surface area contributed by atoms with Gasteiger partial charge in [-0.2, -0.15) is 0 Å². The molecule has 2 N–H and O–H groups in total. The summed E-state index contributed by atoms with van der Waals surface area (Å²) in [6.07, 6.45) is 8.72. The lowest BCUT2D eigenvalue weighted by Gasteiger charge is -2.14. The van der Waals surface area contributed by atoms with E-state index >= 15 is 0 Å². The van der Waals surface area contributed by atoms with Gasteiger partial charge in [0.05, 0.1) is 18.4 Å². The Kier molecular flexibility index (Phi) is 6.10. The number of hydrogen-bond acceptors (Lipinski definition) is 4. The van der Waals surface area contributed by atoms with E-state index < -0.39 is 0 Å². The van der Waals surface area contributed by atoms with E-state index in [0.29, 0.717) is 30.3 Å². The van der Waals surface area contributed by atoms with Gasteiger partial charge < -0.3 is 10.4 Å². The molecule has 0 saturated heterocycles. The minimum atomic E-state index is 0.464. The highest BCUT2D eigenvalue weighted by atomic mass is 35.5. The fourth-order valence-electron chi connectivity index (χ4n) is 1.37. The van der Waals surface area contributed by atoms with Gasteiger partial charge >= 0.3 is 0 Å². The normalized spacial score (nSPS) is 17.2. The molecule has 0 bridgehead atoms. The number of hydrogen-bond donors (Lipinski definition) is 2. The number of halogens is 1. The predicted molar refractivity (Wildman–Crippen MR) is 72.9 cm³/mol. The van der Waals surface area contributed by atoms with Gasteiger partial charge in [0.1, 0.15) is 5.84 Å². The van der Waals surface area contributed by atoms with E-state index in [-0.39, 0.29) is 0 Å². The van der Waals surface area contributed by atoms with E-state index in [2.05, 4.69) is 15.3 Å². The van der Waals surface area contributed by atoms with Gasteiger partial charge in [0.2, 0.25) is 0 Å². The number of alkyl halides is 1. The SMILES string of the molecule is C/C=N/C=C(CCCl)\C(=C\O)C1=NCC=CN1. The number of nitrogens with one attached hydrogen (secondary N) is 1. The summed E-state index contributed by atoms with van der Waals surface area (Å²) in [4.78, 5) is 8.32. The summed E-state index contributed by atoms with van der Waals surface area (Å²) >= 11 is 5.74. The van der Waals surface area contributed by atoms with Crippen LogP contribution in [-0.2, 0) is 0 Å². The third kappa shape index (κ3) is 4.07. The van der Waals surface area contributed by atoms with Gasteiger partial charge in [0, 0.05) is 24.5 Å². The van der Waals surface area contributed by atoms with Gasteiger partial charge in [-0.3, -0.25) is 9.98 Å². The van der Waals surface area contributed by atoms with Crippen LogP contribution < -0.4 is 5.32 Å². The molecule has 17 heavy (non-hydrogen) atoms. The third-order valence-corrected chi connectivity index (χ3v) is 2.36. The molecule has 0 atom stereocenters. The Morgan fingerprint density at radius 1 is 1.71 bits per heavy atom. The van der Waals surface area contributed by atoms with Crippen LogP contribution in [0.2, 0.25) is 0 Å². The molecule has 1 heterocycles. The summed E-state index contributed by atoms with van der Waals surface area (Å²) in [5, 5.41) is 12.3. The average Bonchev–Trinajstić information content (AvgIpc) is 2.38. The van der Waals surface area contributed by atoms with Crippen molar-refractivity contribution in [2.24, 2.45) is 9.98 Å². The summed E-state index contributed by atoms with van der Waals surface area (Å²) < 4.78 is 0. The van der Waals surface area contributed by atoms with Crippen LogP contribution in [-0.4, -0.2) is 29.6 Å². The monoisotopic (exact) mass is 253 g/mol. The molecule has 0 aromatic heterocycles. The van der Waals surface area contributed by atoms with Gasteiger partial charge in [0.15, 0.2) is 0 Å². The van der Waals surface area contributed by atoms with Crippen LogP contribution in [0.4, 0.5) is 0 Å². The maximum Gasteiger partial charge on any atom is 0.136 e. The summed E-state index contributed by atoms with van der Waals surface area (Å²) in [6, 6.07) is 0. The second-order valence-corrected chi connectivity index (χ2v) is 3.66.